The summed E-state index contributed by atoms with van der Waals surface area (Å²) in [6.07, 6.45) is 0. The van der Waals surface area contributed by atoms with Crippen LogP contribution >= 0.6 is 11.3 Å². The Morgan fingerprint density at radius 2 is 1.35 bits per heavy atom. The van der Waals surface area contributed by atoms with Gasteiger partial charge in [0.05, 0.1) is 10.7 Å². The minimum Gasteiger partial charge on any atom is -0.426 e. The first kappa shape index (κ1) is 15.8. The minimum atomic E-state index is 0.623. The Morgan fingerprint density at radius 1 is 0.882 bits per heavy atom. The van der Waals surface area contributed by atoms with E-state index in [-0.39, 0.29) is 0 Å². The average Bonchev–Trinajstić information content (AvgIpc) is 2.77. The summed E-state index contributed by atoms with van der Waals surface area (Å²) in [5.74, 6) is 1.25. The van der Waals surface area contributed by atoms with Crippen molar-refractivity contribution in [3.8, 4) is 0 Å². The Kier molecular flexibility index (Phi) is 7.37. The molecule has 0 saturated heterocycles. The summed E-state index contributed by atoms with van der Waals surface area (Å²) >= 11 is 1.76. The van der Waals surface area contributed by atoms with E-state index in [0.717, 1.165) is 0 Å². The maximum Gasteiger partial charge on any atom is 0.213 e. The third-order valence-corrected chi connectivity index (χ3v) is 2.75. The zero-order valence-corrected chi connectivity index (χ0v) is 12.5. The van der Waals surface area contributed by atoms with Crippen molar-refractivity contribution in [3.63, 3.8) is 0 Å². The zero-order valence-electron chi connectivity index (χ0n) is 11.7. The van der Waals surface area contributed by atoms with Crippen molar-refractivity contribution in [1.82, 2.24) is 15.2 Å². The predicted octanol–water partition coefficient (Wildman–Crippen LogP) is 3.78. The second-order valence-corrected chi connectivity index (χ2v) is 4.62. The molecule has 0 aliphatic heterocycles. The number of thiazole rings is 1. The van der Waals surface area contributed by atoms with Crippen LogP contribution in [0.25, 0.3) is 0 Å². The van der Waals surface area contributed by atoms with Crippen molar-refractivity contribution in [2.75, 3.05) is 0 Å². The highest BCUT2D eigenvalue weighted by molar-refractivity contribution is 7.11. The molecule has 0 amide bonds. The zero-order chi connectivity index (χ0) is 13.4. The highest BCUT2D eigenvalue weighted by atomic mass is 32.1. The Balaban J connectivity index is 0.000000265. The summed E-state index contributed by atoms with van der Waals surface area (Å²) in [5.41, 5.74) is 1.17. The molecular weight excluding hydrogens is 234 g/mol. The molecule has 5 heteroatoms. The molecule has 96 valence electrons. The number of nitrogens with zero attached hydrogens (tertiary/aromatic N) is 3. The van der Waals surface area contributed by atoms with Crippen LogP contribution in [0.5, 0.6) is 0 Å². The molecule has 17 heavy (non-hydrogen) atoms. The summed E-state index contributed by atoms with van der Waals surface area (Å²) < 4.78 is 4.86. The number of rotatable bonds is 0. The van der Waals surface area contributed by atoms with Crippen molar-refractivity contribution in [3.05, 3.63) is 27.4 Å². The Morgan fingerprint density at radius 3 is 1.47 bits per heavy atom. The van der Waals surface area contributed by atoms with Crippen LogP contribution in [0.1, 0.15) is 41.2 Å². The second kappa shape index (κ2) is 7.95. The quantitative estimate of drug-likeness (QED) is 0.719. The second-order valence-electron chi connectivity index (χ2n) is 3.21. The third-order valence-electron chi connectivity index (χ3n) is 1.76. The largest absolute Gasteiger partial charge is 0.426 e. The van der Waals surface area contributed by atoms with Crippen LogP contribution in [0.15, 0.2) is 4.42 Å². The molecule has 0 aromatic carbocycles. The molecule has 0 radical (unpaired) electrons. The smallest absolute Gasteiger partial charge is 0.213 e. The van der Waals surface area contributed by atoms with E-state index in [9.17, 15) is 0 Å². The minimum absolute atomic E-state index is 0.623. The van der Waals surface area contributed by atoms with Crippen LogP contribution in [-0.2, 0) is 0 Å². The van der Waals surface area contributed by atoms with E-state index in [0.29, 0.717) is 11.8 Å². The summed E-state index contributed by atoms with van der Waals surface area (Å²) in [5, 5.41) is 8.37. The van der Waals surface area contributed by atoms with E-state index in [1.165, 1.54) is 15.6 Å². The van der Waals surface area contributed by atoms with Gasteiger partial charge in [0.2, 0.25) is 11.8 Å². The molecule has 2 rings (SSSR count). The van der Waals surface area contributed by atoms with Crippen molar-refractivity contribution < 1.29 is 4.42 Å². The lowest BCUT2D eigenvalue weighted by molar-refractivity contribution is 0.489. The van der Waals surface area contributed by atoms with Crippen LogP contribution in [0.2, 0.25) is 0 Å². The highest BCUT2D eigenvalue weighted by Crippen LogP contribution is 2.14. The molecule has 2 aromatic heterocycles. The lowest BCUT2D eigenvalue weighted by atomic mass is 10.4. The molecule has 0 unspecified atom stereocenters. The van der Waals surface area contributed by atoms with Gasteiger partial charge in [-0.1, -0.05) is 13.8 Å². The molecule has 2 heterocycles. The summed E-state index contributed by atoms with van der Waals surface area (Å²) in [7, 11) is 0. The Labute approximate surface area is 107 Å². The molecule has 0 bridgehead atoms. The molecule has 0 aliphatic rings. The normalized spacial score (nSPS) is 8.88. The highest BCUT2D eigenvalue weighted by Gasteiger charge is 1.95. The maximum absolute atomic E-state index is 4.86. The molecule has 0 atom stereocenters. The lowest BCUT2D eigenvalue weighted by Gasteiger charge is -1.77. The van der Waals surface area contributed by atoms with Crippen LogP contribution in [0, 0.1) is 34.6 Å². The van der Waals surface area contributed by atoms with E-state index < -0.39 is 0 Å². The fourth-order valence-corrected chi connectivity index (χ4v) is 1.85. The van der Waals surface area contributed by atoms with Gasteiger partial charge >= 0.3 is 0 Å². The molecule has 0 aliphatic carbocycles. The summed E-state index contributed by atoms with van der Waals surface area (Å²) in [4.78, 5) is 5.56. The SMILES string of the molecule is CC.Cc1nc(C)c(C)s1.Cc1nnc(C)o1. The lowest BCUT2D eigenvalue weighted by Crippen LogP contribution is -1.71. The number of hydrogen-bond acceptors (Lipinski definition) is 5. The fourth-order valence-electron chi connectivity index (χ4n) is 1.03. The van der Waals surface area contributed by atoms with Crippen molar-refractivity contribution in [1.29, 1.82) is 0 Å². The standard InChI is InChI=1S/C6H9NS.C4H6N2O.C2H6/c1-4-5(2)8-6(3)7-4;1-3-5-6-4(2)7-3;1-2/h1-3H3;1-2H3;1-2H3. The topological polar surface area (TPSA) is 51.8 Å². The Hall–Kier alpha value is -1.23. The van der Waals surface area contributed by atoms with Crippen molar-refractivity contribution in [2.45, 2.75) is 48.5 Å². The third kappa shape index (κ3) is 6.16. The van der Waals surface area contributed by atoms with E-state index in [1.807, 2.05) is 27.7 Å². The molecule has 0 saturated carbocycles. The van der Waals surface area contributed by atoms with Crippen LogP contribution < -0.4 is 0 Å². The molecule has 0 fully saturated rings. The van der Waals surface area contributed by atoms with Crippen LogP contribution in [-0.4, -0.2) is 15.2 Å². The van der Waals surface area contributed by atoms with Gasteiger partial charge in [-0.15, -0.1) is 21.5 Å². The number of aromatic nitrogens is 3. The van der Waals surface area contributed by atoms with Gasteiger partial charge in [0.15, 0.2) is 0 Å². The number of hydrogen-bond donors (Lipinski definition) is 0. The summed E-state index contributed by atoms with van der Waals surface area (Å²) in [6.45, 7) is 13.7. The first-order valence-electron chi connectivity index (χ1n) is 5.66. The van der Waals surface area contributed by atoms with Gasteiger partial charge in [-0.05, 0) is 20.8 Å². The van der Waals surface area contributed by atoms with Gasteiger partial charge in [0.1, 0.15) is 0 Å². The molecule has 2 aromatic rings. The summed E-state index contributed by atoms with van der Waals surface area (Å²) in [6, 6.07) is 0. The van der Waals surface area contributed by atoms with Crippen LogP contribution in [0.3, 0.4) is 0 Å². The predicted molar refractivity (Wildman–Crippen MR) is 71.4 cm³/mol. The first-order chi connectivity index (χ1) is 7.99. The van der Waals surface area contributed by atoms with E-state index in [2.05, 4.69) is 22.1 Å². The van der Waals surface area contributed by atoms with Gasteiger partial charge in [0, 0.05) is 18.7 Å². The molecular formula is C12H21N3OS. The first-order valence-corrected chi connectivity index (χ1v) is 6.48. The maximum atomic E-state index is 4.86. The van der Waals surface area contributed by atoms with E-state index >= 15 is 0 Å². The molecule has 0 N–H and O–H groups in total. The van der Waals surface area contributed by atoms with Gasteiger partial charge in [-0.25, -0.2) is 4.98 Å². The van der Waals surface area contributed by atoms with E-state index in [1.54, 1.807) is 25.2 Å². The van der Waals surface area contributed by atoms with E-state index in [4.69, 9.17) is 4.42 Å². The van der Waals surface area contributed by atoms with Gasteiger partial charge in [-0.2, -0.15) is 0 Å². The van der Waals surface area contributed by atoms with Gasteiger partial charge < -0.3 is 4.42 Å². The molecule has 4 nitrogen and oxygen atoms in total. The van der Waals surface area contributed by atoms with Crippen LogP contribution in [0.4, 0.5) is 0 Å². The van der Waals surface area contributed by atoms with Crippen molar-refractivity contribution >= 4 is 11.3 Å². The fraction of sp³-hybridized carbons (Fsp3) is 0.583. The number of aryl methyl sites for hydroxylation is 5. The van der Waals surface area contributed by atoms with Crippen molar-refractivity contribution in [2.24, 2.45) is 0 Å². The van der Waals surface area contributed by atoms with Gasteiger partial charge in [0.25, 0.3) is 0 Å². The monoisotopic (exact) mass is 255 g/mol. The Bertz CT molecular complexity index is 399. The van der Waals surface area contributed by atoms with Gasteiger partial charge in [-0.3, -0.25) is 0 Å². The molecule has 0 spiro atoms. The average molecular weight is 255 g/mol.